The second-order valence-corrected chi connectivity index (χ2v) is 4.84. The van der Waals surface area contributed by atoms with E-state index in [1.165, 1.54) is 6.07 Å². The summed E-state index contributed by atoms with van der Waals surface area (Å²) in [5.74, 6) is 6.18. The van der Waals surface area contributed by atoms with E-state index in [1.807, 2.05) is 0 Å². The summed E-state index contributed by atoms with van der Waals surface area (Å²) in [7, 11) is 0. The molecule has 1 aliphatic carbocycles. The van der Waals surface area contributed by atoms with Gasteiger partial charge in [0.25, 0.3) is 5.91 Å². The normalized spacial score (nSPS) is 22.8. The number of nitrogen functional groups attached to an aromatic ring is 1. The zero-order chi connectivity index (χ0) is 12.4. The van der Waals surface area contributed by atoms with Crippen LogP contribution in [0.5, 0.6) is 0 Å². The Labute approximate surface area is 105 Å². The Morgan fingerprint density at radius 1 is 1.53 bits per heavy atom. The van der Waals surface area contributed by atoms with Gasteiger partial charge in [-0.1, -0.05) is 18.5 Å². The number of carbonyl (C=O) groups is 1. The fraction of sp³-hybridized carbons (Fsp3) is 0.455. The molecule has 4 N–H and O–H groups in total. The largest absolute Gasteiger partial charge is 0.349 e. The van der Waals surface area contributed by atoms with E-state index in [1.54, 1.807) is 6.07 Å². The maximum atomic E-state index is 11.9. The van der Waals surface area contributed by atoms with E-state index in [9.17, 15) is 4.79 Å². The highest BCUT2D eigenvalue weighted by atomic mass is 35.5. The number of rotatable bonds is 3. The predicted octanol–water partition coefficient (Wildman–Crippen LogP) is 1.55. The third kappa shape index (κ3) is 2.87. The van der Waals surface area contributed by atoms with Crippen LogP contribution in [0.25, 0.3) is 0 Å². The van der Waals surface area contributed by atoms with Crippen LogP contribution < -0.4 is 16.6 Å². The van der Waals surface area contributed by atoms with Crippen LogP contribution in [-0.2, 0) is 0 Å². The predicted molar refractivity (Wildman–Crippen MR) is 66.7 cm³/mol. The second kappa shape index (κ2) is 4.89. The smallest absolute Gasteiger partial charge is 0.251 e. The highest BCUT2D eigenvalue weighted by Crippen LogP contribution is 2.26. The van der Waals surface area contributed by atoms with Gasteiger partial charge in [-0.15, -0.1) is 0 Å². The van der Waals surface area contributed by atoms with Crippen LogP contribution in [0, 0.1) is 5.92 Å². The van der Waals surface area contributed by atoms with Gasteiger partial charge in [0.1, 0.15) is 11.0 Å². The molecule has 0 atom stereocenters. The van der Waals surface area contributed by atoms with Crippen LogP contribution in [-0.4, -0.2) is 16.9 Å². The molecule has 0 saturated heterocycles. The second-order valence-electron chi connectivity index (χ2n) is 4.46. The number of hydrazine groups is 1. The van der Waals surface area contributed by atoms with Gasteiger partial charge in [0.05, 0.1) is 0 Å². The maximum Gasteiger partial charge on any atom is 0.251 e. The van der Waals surface area contributed by atoms with Gasteiger partial charge in [0.2, 0.25) is 0 Å². The van der Waals surface area contributed by atoms with Crippen molar-refractivity contribution < 1.29 is 4.79 Å². The van der Waals surface area contributed by atoms with Crippen molar-refractivity contribution in [1.29, 1.82) is 0 Å². The summed E-state index contributed by atoms with van der Waals surface area (Å²) in [4.78, 5) is 15.8. The molecule has 1 amide bonds. The molecular weight excluding hydrogens is 240 g/mol. The van der Waals surface area contributed by atoms with Crippen LogP contribution >= 0.6 is 11.6 Å². The molecular formula is C11H15ClN4O. The van der Waals surface area contributed by atoms with Crippen molar-refractivity contribution in [3.05, 3.63) is 22.8 Å². The SMILES string of the molecule is CC1CC(NC(=O)c2cc(Cl)nc(NN)c2)C1. The number of halogens is 1. The van der Waals surface area contributed by atoms with Gasteiger partial charge in [-0.25, -0.2) is 10.8 Å². The van der Waals surface area contributed by atoms with Crippen molar-refractivity contribution in [2.45, 2.75) is 25.8 Å². The van der Waals surface area contributed by atoms with Crippen LogP contribution in [0.1, 0.15) is 30.1 Å². The van der Waals surface area contributed by atoms with E-state index in [4.69, 9.17) is 17.4 Å². The number of anilines is 1. The van der Waals surface area contributed by atoms with Gasteiger partial charge in [0.15, 0.2) is 0 Å². The number of hydrogen-bond donors (Lipinski definition) is 3. The van der Waals surface area contributed by atoms with Crippen LogP contribution in [0.15, 0.2) is 12.1 Å². The van der Waals surface area contributed by atoms with Gasteiger partial charge in [0, 0.05) is 11.6 Å². The molecule has 0 bridgehead atoms. The van der Waals surface area contributed by atoms with Crippen LogP contribution in [0.2, 0.25) is 5.15 Å². The number of aromatic nitrogens is 1. The Kier molecular flexibility index (Phi) is 3.49. The maximum absolute atomic E-state index is 11.9. The molecule has 92 valence electrons. The monoisotopic (exact) mass is 254 g/mol. The molecule has 0 unspecified atom stereocenters. The summed E-state index contributed by atoms with van der Waals surface area (Å²) in [6.45, 7) is 2.17. The molecule has 5 nitrogen and oxygen atoms in total. The van der Waals surface area contributed by atoms with Crippen LogP contribution in [0.4, 0.5) is 5.82 Å². The minimum Gasteiger partial charge on any atom is -0.349 e. The Morgan fingerprint density at radius 3 is 2.82 bits per heavy atom. The highest BCUT2D eigenvalue weighted by Gasteiger charge is 2.27. The fourth-order valence-corrected chi connectivity index (χ4v) is 2.20. The summed E-state index contributed by atoms with van der Waals surface area (Å²) in [5.41, 5.74) is 2.85. The number of nitrogens with zero attached hydrogens (tertiary/aromatic N) is 1. The summed E-state index contributed by atoms with van der Waals surface area (Å²) in [6, 6.07) is 3.38. The Morgan fingerprint density at radius 2 is 2.24 bits per heavy atom. The van der Waals surface area contributed by atoms with Crippen molar-refractivity contribution >= 4 is 23.3 Å². The first kappa shape index (κ1) is 12.1. The van der Waals surface area contributed by atoms with Gasteiger partial charge in [-0.3, -0.25) is 4.79 Å². The van der Waals surface area contributed by atoms with E-state index in [0.717, 1.165) is 12.8 Å². The molecule has 1 aliphatic rings. The van der Waals surface area contributed by atoms with E-state index >= 15 is 0 Å². The van der Waals surface area contributed by atoms with Crippen molar-refractivity contribution in [1.82, 2.24) is 10.3 Å². The van der Waals surface area contributed by atoms with Crippen molar-refractivity contribution in [2.24, 2.45) is 11.8 Å². The summed E-state index contributed by atoms with van der Waals surface area (Å²) < 4.78 is 0. The number of pyridine rings is 1. The quantitative estimate of drug-likeness (QED) is 0.434. The number of nitrogens with two attached hydrogens (primary N) is 1. The van der Waals surface area contributed by atoms with Crippen molar-refractivity contribution in [3.8, 4) is 0 Å². The van der Waals surface area contributed by atoms with Gasteiger partial charge >= 0.3 is 0 Å². The minimum absolute atomic E-state index is 0.136. The molecule has 0 aromatic carbocycles. The van der Waals surface area contributed by atoms with Crippen molar-refractivity contribution in [3.63, 3.8) is 0 Å². The molecule has 1 fully saturated rings. The zero-order valence-corrected chi connectivity index (χ0v) is 10.3. The average molecular weight is 255 g/mol. The first-order valence-electron chi connectivity index (χ1n) is 5.53. The van der Waals surface area contributed by atoms with E-state index in [-0.39, 0.29) is 17.1 Å². The Hall–Kier alpha value is -1.33. The summed E-state index contributed by atoms with van der Waals surface area (Å²) >= 11 is 5.79. The molecule has 0 aliphatic heterocycles. The van der Waals surface area contributed by atoms with Crippen LogP contribution in [0.3, 0.4) is 0 Å². The first-order chi connectivity index (χ1) is 8.08. The molecule has 1 aromatic heterocycles. The van der Waals surface area contributed by atoms with E-state index in [0.29, 0.717) is 17.3 Å². The van der Waals surface area contributed by atoms with Gasteiger partial charge in [-0.2, -0.15) is 0 Å². The molecule has 1 heterocycles. The molecule has 0 spiro atoms. The lowest BCUT2D eigenvalue weighted by molar-refractivity contribution is 0.0896. The van der Waals surface area contributed by atoms with Crippen molar-refractivity contribution in [2.75, 3.05) is 5.43 Å². The zero-order valence-electron chi connectivity index (χ0n) is 9.53. The number of amides is 1. The first-order valence-corrected chi connectivity index (χ1v) is 5.91. The molecule has 6 heteroatoms. The van der Waals surface area contributed by atoms with E-state index in [2.05, 4.69) is 22.7 Å². The third-order valence-electron chi connectivity index (χ3n) is 2.91. The number of nitrogens with one attached hydrogen (secondary N) is 2. The molecule has 17 heavy (non-hydrogen) atoms. The summed E-state index contributed by atoms with van der Waals surface area (Å²) in [5, 5.41) is 3.19. The lowest BCUT2D eigenvalue weighted by Crippen LogP contribution is -2.43. The average Bonchev–Trinajstić information content (AvgIpc) is 2.26. The minimum atomic E-state index is -0.136. The molecule has 1 saturated carbocycles. The van der Waals surface area contributed by atoms with Gasteiger partial charge in [-0.05, 0) is 30.9 Å². The van der Waals surface area contributed by atoms with Gasteiger partial charge < -0.3 is 10.7 Å². The number of carbonyl (C=O) groups excluding carboxylic acids is 1. The highest BCUT2D eigenvalue weighted by molar-refractivity contribution is 6.29. The summed E-state index contributed by atoms with van der Waals surface area (Å²) in [6.07, 6.45) is 2.07. The Bertz CT molecular complexity index is 431. The number of hydrogen-bond acceptors (Lipinski definition) is 4. The third-order valence-corrected chi connectivity index (χ3v) is 3.11. The molecule has 2 rings (SSSR count). The Balaban J connectivity index is 2.05. The molecule has 1 aromatic rings. The fourth-order valence-electron chi connectivity index (χ4n) is 1.99. The topological polar surface area (TPSA) is 80.0 Å². The lowest BCUT2D eigenvalue weighted by atomic mass is 9.82. The van der Waals surface area contributed by atoms with E-state index < -0.39 is 0 Å². The molecule has 0 radical (unpaired) electrons. The lowest BCUT2D eigenvalue weighted by Gasteiger charge is -2.33. The standard InChI is InChI=1S/C11H15ClN4O/c1-6-2-8(3-6)14-11(17)7-4-9(12)15-10(5-7)16-13/h4-6,8H,2-3,13H2,1H3,(H,14,17)(H,15,16).